The molecule has 0 saturated heterocycles. The maximum Gasteiger partial charge on any atom is 0.422 e. The van der Waals surface area contributed by atoms with Gasteiger partial charge in [0.05, 0.1) is 12.1 Å². The molecule has 2 N–H and O–H groups in total. The van der Waals surface area contributed by atoms with Gasteiger partial charge in [-0.1, -0.05) is 26.0 Å². The maximum absolute atomic E-state index is 12.2. The van der Waals surface area contributed by atoms with Crippen LogP contribution in [0, 0.1) is 11.3 Å². The molecule has 0 fully saturated rings. The van der Waals surface area contributed by atoms with Gasteiger partial charge in [0.25, 0.3) is 0 Å². The van der Waals surface area contributed by atoms with Crippen molar-refractivity contribution in [3.05, 3.63) is 53.6 Å². The molecule has 2 aromatic rings. The van der Waals surface area contributed by atoms with E-state index in [9.17, 15) is 18.0 Å². The van der Waals surface area contributed by atoms with E-state index in [4.69, 9.17) is 5.26 Å². The van der Waals surface area contributed by atoms with E-state index in [0.717, 1.165) is 5.56 Å². The first-order valence-electron chi connectivity index (χ1n) is 8.55. The van der Waals surface area contributed by atoms with Crippen LogP contribution in [0.25, 0.3) is 0 Å². The molecule has 0 aliphatic heterocycles. The molecule has 1 amide bonds. The number of amides is 1. The third kappa shape index (κ3) is 6.50. The van der Waals surface area contributed by atoms with Crippen LogP contribution in [0.5, 0.6) is 5.75 Å². The molecule has 0 aliphatic rings. The minimum atomic E-state index is -4.49. The summed E-state index contributed by atoms with van der Waals surface area (Å²) in [7, 11) is 0. The highest BCUT2D eigenvalue weighted by molar-refractivity contribution is 5.93. The van der Waals surface area contributed by atoms with Crippen molar-refractivity contribution in [3.8, 4) is 11.8 Å². The number of halogens is 3. The number of nitrogens with one attached hydrogen (secondary N) is 2. The number of rotatable bonds is 7. The summed E-state index contributed by atoms with van der Waals surface area (Å²) in [4.78, 5) is 12.1. The van der Waals surface area contributed by atoms with Crippen molar-refractivity contribution >= 4 is 17.3 Å². The number of carbonyl (C=O) groups excluding carboxylic acids is 1. The van der Waals surface area contributed by atoms with Gasteiger partial charge >= 0.3 is 6.18 Å². The summed E-state index contributed by atoms with van der Waals surface area (Å²) in [6.45, 7) is 2.60. The maximum atomic E-state index is 12.2. The van der Waals surface area contributed by atoms with Crippen molar-refractivity contribution in [3.63, 3.8) is 0 Å². The molecule has 0 saturated carbocycles. The van der Waals surface area contributed by atoms with Crippen LogP contribution in [0.4, 0.5) is 24.5 Å². The Bertz CT molecular complexity index is 856. The molecule has 0 aromatic heterocycles. The Labute approximate surface area is 161 Å². The summed E-state index contributed by atoms with van der Waals surface area (Å²) < 4.78 is 41.3. The number of alkyl halides is 3. The van der Waals surface area contributed by atoms with Crippen molar-refractivity contribution in [2.75, 3.05) is 23.8 Å². The second-order valence-corrected chi connectivity index (χ2v) is 6.41. The number of ether oxygens (including phenoxy) is 1. The number of nitriles is 1. The van der Waals surface area contributed by atoms with E-state index in [1.54, 1.807) is 6.07 Å². The second-order valence-electron chi connectivity index (χ2n) is 6.41. The smallest absolute Gasteiger partial charge is 0.422 e. The highest BCUT2D eigenvalue weighted by atomic mass is 19.4. The molecule has 0 aliphatic carbocycles. The van der Waals surface area contributed by atoms with Crippen LogP contribution in [-0.2, 0) is 4.79 Å². The summed E-state index contributed by atoms with van der Waals surface area (Å²) >= 11 is 0. The van der Waals surface area contributed by atoms with Gasteiger partial charge in [0.2, 0.25) is 5.91 Å². The largest absolute Gasteiger partial charge is 0.483 e. The van der Waals surface area contributed by atoms with Crippen molar-refractivity contribution < 1.29 is 22.7 Å². The molecule has 2 rings (SSSR count). The average Bonchev–Trinajstić information content (AvgIpc) is 2.64. The number of benzene rings is 2. The van der Waals surface area contributed by atoms with E-state index in [2.05, 4.69) is 29.2 Å². The van der Waals surface area contributed by atoms with Gasteiger partial charge < -0.3 is 15.4 Å². The van der Waals surface area contributed by atoms with Gasteiger partial charge in [-0.05, 0) is 41.8 Å². The molecule has 0 atom stereocenters. The quantitative estimate of drug-likeness (QED) is 0.719. The highest BCUT2D eigenvalue weighted by Crippen LogP contribution is 2.25. The third-order valence-electron chi connectivity index (χ3n) is 3.81. The van der Waals surface area contributed by atoms with Crippen LogP contribution in [0.1, 0.15) is 30.9 Å². The Morgan fingerprint density at radius 2 is 1.79 bits per heavy atom. The lowest BCUT2D eigenvalue weighted by Crippen LogP contribution is -2.22. The van der Waals surface area contributed by atoms with Gasteiger partial charge in [0.15, 0.2) is 6.61 Å². The highest BCUT2D eigenvalue weighted by Gasteiger charge is 2.28. The summed E-state index contributed by atoms with van der Waals surface area (Å²) in [5.74, 6) is -0.0721. The van der Waals surface area contributed by atoms with Gasteiger partial charge in [-0.25, -0.2) is 0 Å². The number of anilines is 2. The summed E-state index contributed by atoms with van der Waals surface area (Å²) in [6, 6.07) is 13.3. The van der Waals surface area contributed by atoms with Crippen molar-refractivity contribution in [2.45, 2.75) is 25.9 Å². The Kier molecular flexibility index (Phi) is 6.88. The first-order chi connectivity index (χ1) is 13.2. The fourth-order valence-electron chi connectivity index (χ4n) is 2.35. The fourth-order valence-corrected chi connectivity index (χ4v) is 2.35. The molecular weight excluding hydrogens is 371 g/mol. The van der Waals surface area contributed by atoms with E-state index < -0.39 is 12.8 Å². The van der Waals surface area contributed by atoms with E-state index in [0.29, 0.717) is 17.3 Å². The van der Waals surface area contributed by atoms with E-state index in [-0.39, 0.29) is 23.8 Å². The SMILES string of the molecule is CC(C)c1ccc(NC(=O)CNc2ccc(OCC(F)(F)F)c(C#N)c2)cc1. The van der Waals surface area contributed by atoms with Gasteiger partial charge in [-0.3, -0.25) is 4.79 Å². The summed E-state index contributed by atoms with van der Waals surface area (Å²) in [6.07, 6.45) is -4.49. The summed E-state index contributed by atoms with van der Waals surface area (Å²) in [5.41, 5.74) is 2.18. The molecule has 0 radical (unpaired) electrons. The van der Waals surface area contributed by atoms with Crippen LogP contribution in [0.3, 0.4) is 0 Å². The van der Waals surface area contributed by atoms with Gasteiger partial charge in [-0.15, -0.1) is 0 Å². The number of hydrogen-bond donors (Lipinski definition) is 2. The predicted molar refractivity (Wildman–Crippen MR) is 100 cm³/mol. The zero-order chi connectivity index (χ0) is 20.7. The first-order valence-corrected chi connectivity index (χ1v) is 8.55. The lowest BCUT2D eigenvalue weighted by atomic mass is 10.0. The van der Waals surface area contributed by atoms with E-state index >= 15 is 0 Å². The number of hydrogen-bond acceptors (Lipinski definition) is 4. The van der Waals surface area contributed by atoms with Gasteiger partial charge in [0, 0.05) is 11.4 Å². The topological polar surface area (TPSA) is 74.2 Å². The van der Waals surface area contributed by atoms with Crippen LogP contribution >= 0.6 is 0 Å². The molecule has 0 heterocycles. The minimum Gasteiger partial charge on any atom is -0.483 e. The third-order valence-corrected chi connectivity index (χ3v) is 3.81. The average molecular weight is 391 g/mol. The van der Waals surface area contributed by atoms with Gasteiger partial charge in [-0.2, -0.15) is 18.4 Å². The second kappa shape index (κ2) is 9.13. The van der Waals surface area contributed by atoms with Crippen molar-refractivity contribution in [2.24, 2.45) is 0 Å². The standard InChI is InChI=1S/C20H20F3N3O2/c1-13(2)14-3-5-16(6-4-14)26-19(27)11-25-17-7-8-18(15(9-17)10-24)28-12-20(21,22)23/h3-9,13,25H,11-12H2,1-2H3,(H,26,27). The number of carbonyl (C=O) groups is 1. The minimum absolute atomic E-state index is 0.0565. The lowest BCUT2D eigenvalue weighted by molar-refractivity contribution is -0.153. The van der Waals surface area contributed by atoms with Gasteiger partial charge in [0.1, 0.15) is 11.8 Å². The van der Waals surface area contributed by atoms with Crippen LogP contribution < -0.4 is 15.4 Å². The molecule has 2 aromatic carbocycles. The molecule has 0 spiro atoms. The molecule has 28 heavy (non-hydrogen) atoms. The van der Waals surface area contributed by atoms with E-state index in [1.807, 2.05) is 24.3 Å². The fraction of sp³-hybridized carbons (Fsp3) is 0.300. The van der Waals surface area contributed by atoms with Crippen LogP contribution in [0.15, 0.2) is 42.5 Å². The van der Waals surface area contributed by atoms with Crippen molar-refractivity contribution in [1.82, 2.24) is 0 Å². The lowest BCUT2D eigenvalue weighted by Gasteiger charge is -2.12. The van der Waals surface area contributed by atoms with E-state index in [1.165, 1.54) is 18.2 Å². The Morgan fingerprint density at radius 3 is 2.36 bits per heavy atom. The molecule has 0 unspecified atom stereocenters. The number of nitrogens with zero attached hydrogens (tertiary/aromatic N) is 1. The molecule has 5 nitrogen and oxygen atoms in total. The predicted octanol–water partition coefficient (Wildman–Crippen LogP) is 4.67. The molecule has 148 valence electrons. The zero-order valence-corrected chi connectivity index (χ0v) is 15.4. The summed E-state index contributed by atoms with van der Waals surface area (Å²) in [5, 5.41) is 14.7. The Balaban J connectivity index is 1.92. The molecular formula is C20H20F3N3O2. The molecule has 8 heteroatoms. The Morgan fingerprint density at radius 1 is 1.14 bits per heavy atom. The van der Waals surface area contributed by atoms with Crippen molar-refractivity contribution in [1.29, 1.82) is 5.26 Å². The van der Waals surface area contributed by atoms with Crippen LogP contribution in [-0.4, -0.2) is 25.2 Å². The Hall–Kier alpha value is -3.21. The monoisotopic (exact) mass is 391 g/mol. The molecule has 0 bridgehead atoms. The first kappa shape index (κ1) is 21.1. The zero-order valence-electron chi connectivity index (χ0n) is 15.4. The normalized spacial score (nSPS) is 11.0. The van der Waals surface area contributed by atoms with Crippen LogP contribution in [0.2, 0.25) is 0 Å².